The van der Waals surface area contributed by atoms with Crippen LogP contribution in [0.25, 0.3) is 0 Å². The molecule has 110 valence electrons. The van der Waals surface area contributed by atoms with Crippen LogP contribution in [-0.4, -0.2) is 20.2 Å². The Bertz CT molecular complexity index is 630. The van der Waals surface area contributed by atoms with Crippen LogP contribution in [0.1, 0.15) is 11.1 Å². The van der Waals surface area contributed by atoms with Crippen molar-refractivity contribution in [1.82, 2.24) is 5.32 Å². The normalized spacial score (nSPS) is 14.3. The van der Waals surface area contributed by atoms with Gasteiger partial charge in [-0.15, -0.1) is 0 Å². The van der Waals surface area contributed by atoms with E-state index in [1.807, 2.05) is 19.2 Å². The Morgan fingerprint density at radius 2 is 2.10 bits per heavy atom. The van der Waals surface area contributed by atoms with Gasteiger partial charge < -0.3 is 15.0 Å². The van der Waals surface area contributed by atoms with Crippen molar-refractivity contribution < 1.29 is 4.74 Å². The van der Waals surface area contributed by atoms with Crippen molar-refractivity contribution in [2.24, 2.45) is 0 Å². The highest BCUT2D eigenvalue weighted by Gasteiger charge is 2.17. The lowest BCUT2D eigenvalue weighted by molar-refractivity contribution is 0.331. The summed E-state index contributed by atoms with van der Waals surface area (Å²) in [5, 5.41) is 3.24. The van der Waals surface area contributed by atoms with Crippen molar-refractivity contribution in [3.63, 3.8) is 0 Å². The number of halogens is 1. The minimum atomic E-state index is 0.711. The molecule has 0 bridgehead atoms. The summed E-state index contributed by atoms with van der Waals surface area (Å²) in [5.74, 6) is 1.00. The molecule has 3 rings (SSSR count). The Labute approximate surface area is 134 Å². The second kappa shape index (κ2) is 6.50. The molecule has 0 aromatic heterocycles. The molecule has 1 heterocycles. The third-order valence-electron chi connectivity index (χ3n) is 3.71. The second-order valence-electron chi connectivity index (χ2n) is 5.18. The van der Waals surface area contributed by atoms with Crippen LogP contribution in [0.15, 0.2) is 46.9 Å². The van der Waals surface area contributed by atoms with Crippen LogP contribution < -0.4 is 15.0 Å². The van der Waals surface area contributed by atoms with Crippen molar-refractivity contribution >= 4 is 21.6 Å². The van der Waals surface area contributed by atoms with Gasteiger partial charge in [-0.3, -0.25) is 0 Å². The Morgan fingerprint density at radius 3 is 2.95 bits per heavy atom. The number of hydrogen-bond donors (Lipinski definition) is 1. The monoisotopic (exact) mass is 346 g/mol. The number of anilines is 1. The standard InChI is InChI=1S/C17H19BrN2O/c1-19-11-13-6-7-15(18)10-16(13)20-8-9-21-17-5-3-2-4-14(17)12-20/h2-7,10,19H,8-9,11-12H2,1H3. The van der Waals surface area contributed by atoms with E-state index in [2.05, 4.69) is 56.5 Å². The molecule has 0 saturated carbocycles. The van der Waals surface area contributed by atoms with Crippen LogP contribution in [0.4, 0.5) is 5.69 Å². The van der Waals surface area contributed by atoms with Crippen LogP contribution in [0.2, 0.25) is 0 Å². The summed E-state index contributed by atoms with van der Waals surface area (Å²) >= 11 is 3.59. The average molecular weight is 347 g/mol. The summed E-state index contributed by atoms with van der Waals surface area (Å²) in [6.45, 7) is 3.34. The molecule has 0 atom stereocenters. The maximum Gasteiger partial charge on any atom is 0.124 e. The van der Waals surface area contributed by atoms with E-state index in [4.69, 9.17) is 4.74 Å². The number of benzene rings is 2. The molecule has 1 aliphatic rings. The van der Waals surface area contributed by atoms with Crippen LogP contribution >= 0.6 is 15.9 Å². The Kier molecular flexibility index (Phi) is 4.46. The minimum Gasteiger partial charge on any atom is -0.491 e. The maximum absolute atomic E-state index is 5.86. The average Bonchev–Trinajstić information content (AvgIpc) is 2.71. The highest BCUT2D eigenvalue weighted by Crippen LogP contribution is 2.30. The van der Waals surface area contributed by atoms with E-state index in [1.54, 1.807) is 0 Å². The van der Waals surface area contributed by atoms with Crippen LogP contribution in [-0.2, 0) is 13.1 Å². The fourth-order valence-corrected chi connectivity index (χ4v) is 3.05. The highest BCUT2D eigenvalue weighted by atomic mass is 79.9. The van der Waals surface area contributed by atoms with Gasteiger partial charge in [-0.05, 0) is 30.8 Å². The lowest BCUT2D eigenvalue weighted by atomic mass is 10.1. The van der Waals surface area contributed by atoms with Crippen molar-refractivity contribution in [3.05, 3.63) is 58.1 Å². The van der Waals surface area contributed by atoms with Gasteiger partial charge in [0.15, 0.2) is 0 Å². The molecule has 0 spiro atoms. The van der Waals surface area contributed by atoms with E-state index in [1.165, 1.54) is 16.8 Å². The van der Waals surface area contributed by atoms with E-state index in [-0.39, 0.29) is 0 Å². The molecule has 4 heteroatoms. The van der Waals surface area contributed by atoms with Gasteiger partial charge in [-0.1, -0.05) is 40.2 Å². The van der Waals surface area contributed by atoms with Gasteiger partial charge in [-0.25, -0.2) is 0 Å². The van der Waals surface area contributed by atoms with Gasteiger partial charge in [-0.2, -0.15) is 0 Å². The van der Waals surface area contributed by atoms with Gasteiger partial charge in [0.1, 0.15) is 12.4 Å². The number of rotatable bonds is 3. The molecule has 21 heavy (non-hydrogen) atoms. The molecule has 1 N–H and O–H groups in total. The van der Waals surface area contributed by atoms with E-state index >= 15 is 0 Å². The molecular formula is C17H19BrN2O. The first-order valence-corrected chi connectivity index (χ1v) is 7.96. The molecule has 0 radical (unpaired) electrons. The lowest BCUT2D eigenvalue weighted by Gasteiger charge is -2.25. The molecule has 0 fully saturated rings. The summed E-state index contributed by atoms with van der Waals surface area (Å²) in [6, 6.07) is 14.8. The number of nitrogens with one attached hydrogen (secondary N) is 1. The minimum absolute atomic E-state index is 0.711. The van der Waals surface area contributed by atoms with E-state index < -0.39 is 0 Å². The third-order valence-corrected chi connectivity index (χ3v) is 4.20. The fraction of sp³-hybridized carbons (Fsp3) is 0.294. The second-order valence-corrected chi connectivity index (χ2v) is 6.10. The summed E-state index contributed by atoms with van der Waals surface area (Å²) in [6.07, 6.45) is 0. The van der Waals surface area contributed by atoms with E-state index in [0.29, 0.717) is 6.61 Å². The van der Waals surface area contributed by atoms with Crippen molar-refractivity contribution in [3.8, 4) is 5.75 Å². The molecule has 0 amide bonds. The summed E-state index contributed by atoms with van der Waals surface area (Å²) in [7, 11) is 1.98. The molecule has 0 saturated heterocycles. The van der Waals surface area contributed by atoms with Gasteiger partial charge in [0.25, 0.3) is 0 Å². The zero-order chi connectivity index (χ0) is 14.7. The smallest absolute Gasteiger partial charge is 0.124 e. The summed E-state index contributed by atoms with van der Waals surface area (Å²) < 4.78 is 6.97. The van der Waals surface area contributed by atoms with Gasteiger partial charge in [0.2, 0.25) is 0 Å². The summed E-state index contributed by atoms with van der Waals surface area (Å²) in [4.78, 5) is 2.39. The molecule has 3 nitrogen and oxygen atoms in total. The topological polar surface area (TPSA) is 24.5 Å². The zero-order valence-electron chi connectivity index (χ0n) is 12.1. The van der Waals surface area contributed by atoms with Crippen LogP contribution in [0.5, 0.6) is 5.75 Å². The lowest BCUT2D eigenvalue weighted by Crippen LogP contribution is -2.27. The predicted molar refractivity (Wildman–Crippen MR) is 89.9 cm³/mol. The number of fused-ring (bicyclic) bond motifs is 1. The van der Waals surface area contributed by atoms with E-state index in [0.717, 1.165) is 29.9 Å². The quantitative estimate of drug-likeness (QED) is 0.919. The number of hydrogen-bond acceptors (Lipinski definition) is 3. The Balaban J connectivity index is 1.95. The van der Waals surface area contributed by atoms with Gasteiger partial charge >= 0.3 is 0 Å². The number of nitrogens with zero attached hydrogens (tertiary/aromatic N) is 1. The predicted octanol–water partition coefficient (Wildman–Crippen LogP) is 3.57. The van der Waals surface area contributed by atoms with Crippen molar-refractivity contribution in [1.29, 1.82) is 0 Å². The van der Waals surface area contributed by atoms with E-state index in [9.17, 15) is 0 Å². The van der Waals surface area contributed by atoms with Crippen molar-refractivity contribution in [2.45, 2.75) is 13.1 Å². The Hall–Kier alpha value is -1.52. The Morgan fingerprint density at radius 1 is 1.24 bits per heavy atom. The molecule has 1 aliphatic heterocycles. The van der Waals surface area contributed by atoms with Gasteiger partial charge in [0, 0.05) is 28.8 Å². The maximum atomic E-state index is 5.86. The molecule has 2 aromatic rings. The van der Waals surface area contributed by atoms with Crippen LogP contribution in [0.3, 0.4) is 0 Å². The highest BCUT2D eigenvalue weighted by molar-refractivity contribution is 9.10. The SMILES string of the molecule is CNCc1ccc(Br)cc1N1CCOc2ccccc2C1. The number of ether oxygens (including phenoxy) is 1. The first kappa shape index (κ1) is 14.4. The van der Waals surface area contributed by atoms with Crippen LogP contribution in [0, 0.1) is 0 Å². The van der Waals surface area contributed by atoms with Crippen molar-refractivity contribution in [2.75, 3.05) is 25.1 Å². The van der Waals surface area contributed by atoms with Gasteiger partial charge in [0.05, 0.1) is 6.54 Å². The molecular weight excluding hydrogens is 328 g/mol. The first-order valence-electron chi connectivity index (χ1n) is 7.16. The largest absolute Gasteiger partial charge is 0.491 e. The third kappa shape index (κ3) is 3.22. The first-order chi connectivity index (χ1) is 10.3. The molecule has 2 aromatic carbocycles. The molecule has 0 aliphatic carbocycles. The molecule has 0 unspecified atom stereocenters. The number of para-hydroxylation sites is 1. The zero-order valence-corrected chi connectivity index (χ0v) is 13.7. The fourth-order valence-electron chi connectivity index (χ4n) is 2.70. The summed E-state index contributed by atoms with van der Waals surface area (Å²) in [5.41, 5.74) is 3.81.